The molecule has 98 valence electrons. The minimum atomic E-state index is 0.0353. The molecule has 0 atom stereocenters. The number of aromatic nitrogens is 1. The van der Waals surface area contributed by atoms with E-state index in [0.717, 1.165) is 22.3 Å². The van der Waals surface area contributed by atoms with E-state index in [1.807, 2.05) is 43.5 Å². The van der Waals surface area contributed by atoms with Crippen molar-refractivity contribution in [3.05, 3.63) is 64.6 Å². The molecule has 0 fully saturated rings. The third-order valence-corrected chi connectivity index (χ3v) is 3.15. The van der Waals surface area contributed by atoms with E-state index < -0.39 is 0 Å². The van der Waals surface area contributed by atoms with Gasteiger partial charge in [0.05, 0.1) is 7.11 Å². The topological polar surface area (TPSA) is 31.2 Å². The number of pyridine rings is 1. The standard InChI is InChI=1S/C16H17NO2/c1-11-9-15(10-17(3)16(11)18)14-7-5-13(6-8-14)12(2)19-4/h5-10H,2H2,1,3-4H3. The number of hydrogen-bond acceptors (Lipinski definition) is 2. The van der Waals surface area contributed by atoms with Crippen LogP contribution in [0.15, 0.2) is 47.9 Å². The van der Waals surface area contributed by atoms with E-state index in [2.05, 4.69) is 6.58 Å². The number of rotatable bonds is 3. The fourth-order valence-electron chi connectivity index (χ4n) is 2.00. The number of ether oxygens (including phenoxy) is 1. The largest absolute Gasteiger partial charge is 0.497 e. The predicted molar refractivity (Wildman–Crippen MR) is 77.9 cm³/mol. The monoisotopic (exact) mass is 255 g/mol. The molecule has 0 N–H and O–H groups in total. The molecule has 0 aliphatic carbocycles. The van der Waals surface area contributed by atoms with Crippen LogP contribution in [0.5, 0.6) is 0 Å². The first-order valence-corrected chi connectivity index (χ1v) is 6.04. The van der Waals surface area contributed by atoms with Crippen molar-refractivity contribution in [2.45, 2.75) is 6.92 Å². The molecule has 1 aromatic carbocycles. The van der Waals surface area contributed by atoms with Gasteiger partial charge in [0.1, 0.15) is 5.76 Å². The molecule has 1 aromatic heterocycles. The van der Waals surface area contributed by atoms with Gasteiger partial charge in [0.15, 0.2) is 0 Å². The lowest BCUT2D eigenvalue weighted by atomic mass is 10.0. The second kappa shape index (κ2) is 5.14. The molecular weight excluding hydrogens is 238 g/mol. The van der Waals surface area contributed by atoms with Crippen LogP contribution >= 0.6 is 0 Å². The van der Waals surface area contributed by atoms with Gasteiger partial charge in [0, 0.05) is 24.4 Å². The highest BCUT2D eigenvalue weighted by Gasteiger charge is 2.04. The van der Waals surface area contributed by atoms with Gasteiger partial charge in [-0.15, -0.1) is 0 Å². The van der Waals surface area contributed by atoms with Gasteiger partial charge in [0.2, 0.25) is 0 Å². The van der Waals surface area contributed by atoms with Crippen LogP contribution in [-0.4, -0.2) is 11.7 Å². The summed E-state index contributed by atoms with van der Waals surface area (Å²) in [5, 5.41) is 0. The fraction of sp³-hybridized carbons (Fsp3) is 0.188. The molecule has 3 nitrogen and oxygen atoms in total. The number of nitrogens with zero attached hydrogens (tertiary/aromatic N) is 1. The molecule has 2 rings (SSSR count). The van der Waals surface area contributed by atoms with Gasteiger partial charge in [0.25, 0.3) is 5.56 Å². The van der Waals surface area contributed by atoms with Crippen molar-refractivity contribution in [1.82, 2.24) is 4.57 Å². The summed E-state index contributed by atoms with van der Waals surface area (Å²) in [5.41, 5.74) is 3.81. The molecule has 0 aliphatic rings. The number of methoxy groups -OCH3 is 1. The van der Waals surface area contributed by atoms with Crippen LogP contribution < -0.4 is 5.56 Å². The zero-order valence-corrected chi connectivity index (χ0v) is 11.4. The van der Waals surface area contributed by atoms with Gasteiger partial charge in [-0.1, -0.05) is 30.8 Å². The lowest BCUT2D eigenvalue weighted by molar-refractivity contribution is 0.371. The molecule has 0 radical (unpaired) electrons. The molecule has 0 unspecified atom stereocenters. The first-order chi connectivity index (χ1) is 9.02. The Bertz CT molecular complexity index is 640. The highest BCUT2D eigenvalue weighted by Crippen LogP contribution is 2.21. The molecule has 0 saturated heterocycles. The van der Waals surface area contributed by atoms with Crippen LogP contribution in [0, 0.1) is 6.92 Å². The van der Waals surface area contributed by atoms with Crippen molar-refractivity contribution < 1.29 is 4.74 Å². The van der Waals surface area contributed by atoms with Crippen LogP contribution in [-0.2, 0) is 11.8 Å². The Morgan fingerprint density at radius 3 is 2.37 bits per heavy atom. The Balaban J connectivity index is 2.43. The van der Waals surface area contributed by atoms with E-state index in [-0.39, 0.29) is 5.56 Å². The normalized spacial score (nSPS) is 10.3. The summed E-state index contributed by atoms with van der Waals surface area (Å²) < 4.78 is 6.70. The van der Waals surface area contributed by atoms with Crippen LogP contribution in [0.3, 0.4) is 0 Å². The summed E-state index contributed by atoms with van der Waals surface area (Å²) in [7, 11) is 3.37. The smallest absolute Gasteiger partial charge is 0.253 e. The minimum Gasteiger partial charge on any atom is -0.497 e. The maximum atomic E-state index is 11.7. The molecule has 0 saturated carbocycles. The molecule has 3 heteroatoms. The second-order valence-corrected chi connectivity index (χ2v) is 4.53. The van der Waals surface area contributed by atoms with Crippen molar-refractivity contribution >= 4 is 5.76 Å². The van der Waals surface area contributed by atoms with Crippen molar-refractivity contribution in [2.75, 3.05) is 7.11 Å². The molecule has 0 bridgehead atoms. The van der Waals surface area contributed by atoms with Crippen molar-refractivity contribution in [3.63, 3.8) is 0 Å². The number of aryl methyl sites for hydroxylation is 2. The Morgan fingerprint density at radius 2 is 1.84 bits per heavy atom. The zero-order valence-electron chi connectivity index (χ0n) is 11.4. The van der Waals surface area contributed by atoms with E-state index in [1.54, 1.807) is 18.7 Å². The van der Waals surface area contributed by atoms with E-state index >= 15 is 0 Å². The van der Waals surface area contributed by atoms with E-state index in [0.29, 0.717) is 5.76 Å². The predicted octanol–water partition coefficient (Wildman–Crippen LogP) is 2.98. The molecule has 0 spiro atoms. The van der Waals surface area contributed by atoms with E-state index in [1.165, 1.54) is 0 Å². The maximum absolute atomic E-state index is 11.7. The second-order valence-electron chi connectivity index (χ2n) is 4.53. The first-order valence-electron chi connectivity index (χ1n) is 6.04. The quantitative estimate of drug-likeness (QED) is 0.789. The Kier molecular flexibility index (Phi) is 3.56. The van der Waals surface area contributed by atoms with E-state index in [4.69, 9.17) is 4.74 Å². The zero-order chi connectivity index (χ0) is 14.0. The average molecular weight is 255 g/mol. The Hall–Kier alpha value is -2.29. The highest BCUT2D eigenvalue weighted by molar-refractivity contribution is 5.67. The van der Waals surface area contributed by atoms with Gasteiger partial charge >= 0.3 is 0 Å². The molecule has 2 aromatic rings. The summed E-state index contributed by atoms with van der Waals surface area (Å²) in [6, 6.07) is 9.82. The lowest BCUT2D eigenvalue weighted by Crippen LogP contribution is -2.18. The minimum absolute atomic E-state index is 0.0353. The number of hydrogen-bond donors (Lipinski definition) is 0. The molecular formula is C16H17NO2. The SMILES string of the molecule is C=C(OC)c1ccc(-c2cc(C)c(=O)n(C)c2)cc1. The van der Waals surface area contributed by atoms with E-state index in [9.17, 15) is 4.79 Å². The summed E-state index contributed by atoms with van der Waals surface area (Å²) in [5.74, 6) is 0.642. The van der Waals surface area contributed by atoms with Crippen molar-refractivity contribution in [2.24, 2.45) is 7.05 Å². The van der Waals surface area contributed by atoms with Crippen molar-refractivity contribution in [3.8, 4) is 11.1 Å². The van der Waals surface area contributed by atoms with Gasteiger partial charge in [-0.25, -0.2) is 0 Å². The Morgan fingerprint density at radius 1 is 1.21 bits per heavy atom. The fourth-order valence-corrected chi connectivity index (χ4v) is 2.00. The first kappa shape index (κ1) is 13.1. The molecule has 1 heterocycles. The highest BCUT2D eigenvalue weighted by atomic mass is 16.5. The molecule has 0 amide bonds. The van der Waals surface area contributed by atoms with Gasteiger partial charge in [-0.05, 0) is 24.1 Å². The third-order valence-electron chi connectivity index (χ3n) is 3.15. The van der Waals surface area contributed by atoms with Crippen LogP contribution in [0.2, 0.25) is 0 Å². The van der Waals surface area contributed by atoms with Crippen LogP contribution in [0.4, 0.5) is 0 Å². The lowest BCUT2D eigenvalue weighted by Gasteiger charge is -2.08. The average Bonchev–Trinajstić information content (AvgIpc) is 2.43. The van der Waals surface area contributed by atoms with Gasteiger partial charge in [-0.2, -0.15) is 0 Å². The Labute approximate surface area is 112 Å². The number of benzene rings is 1. The third kappa shape index (κ3) is 2.60. The maximum Gasteiger partial charge on any atom is 0.253 e. The molecule has 0 aliphatic heterocycles. The van der Waals surface area contributed by atoms with Gasteiger partial charge < -0.3 is 9.30 Å². The summed E-state index contributed by atoms with van der Waals surface area (Å²) in [6.45, 7) is 5.64. The summed E-state index contributed by atoms with van der Waals surface area (Å²) >= 11 is 0. The van der Waals surface area contributed by atoms with Gasteiger partial charge in [-0.3, -0.25) is 4.79 Å². The van der Waals surface area contributed by atoms with Crippen molar-refractivity contribution in [1.29, 1.82) is 0 Å². The summed E-state index contributed by atoms with van der Waals surface area (Å²) in [4.78, 5) is 11.7. The summed E-state index contributed by atoms with van der Waals surface area (Å²) in [6.07, 6.45) is 1.84. The molecule has 19 heavy (non-hydrogen) atoms. The van der Waals surface area contributed by atoms with Crippen LogP contribution in [0.25, 0.3) is 16.9 Å². The van der Waals surface area contributed by atoms with Crippen LogP contribution in [0.1, 0.15) is 11.1 Å².